The van der Waals surface area contributed by atoms with Crippen molar-refractivity contribution in [1.29, 1.82) is 0 Å². The summed E-state index contributed by atoms with van der Waals surface area (Å²) in [4.78, 5) is 16.4. The summed E-state index contributed by atoms with van der Waals surface area (Å²) >= 11 is 0. The van der Waals surface area contributed by atoms with Gasteiger partial charge < -0.3 is 10.2 Å². The molecule has 8 nitrogen and oxygen atoms in total. The highest BCUT2D eigenvalue weighted by Crippen LogP contribution is 2.22. The van der Waals surface area contributed by atoms with Crippen molar-refractivity contribution in [2.45, 2.75) is 33.2 Å². The van der Waals surface area contributed by atoms with Gasteiger partial charge in [0.1, 0.15) is 6.33 Å². The van der Waals surface area contributed by atoms with Crippen molar-refractivity contribution in [3.05, 3.63) is 18.1 Å². The van der Waals surface area contributed by atoms with E-state index in [4.69, 9.17) is 0 Å². The van der Waals surface area contributed by atoms with E-state index < -0.39 is 0 Å². The first-order chi connectivity index (χ1) is 11.6. The normalized spacial score (nSPS) is 16.1. The molecule has 0 aromatic carbocycles. The molecule has 0 unspecified atom stereocenters. The Labute approximate surface area is 141 Å². The maximum Gasteiger partial charge on any atom is 0.234 e. The van der Waals surface area contributed by atoms with Crippen LogP contribution in [0.4, 0.5) is 5.69 Å². The van der Waals surface area contributed by atoms with E-state index in [0.29, 0.717) is 6.54 Å². The first-order valence-electron chi connectivity index (χ1n) is 8.53. The summed E-state index contributed by atoms with van der Waals surface area (Å²) < 4.78 is 1.75. The molecule has 1 aliphatic rings. The molecule has 0 saturated carbocycles. The molecule has 1 N–H and O–H groups in total. The first kappa shape index (κ1) is 16.6. The number of hydrogen-bond donors (Lipinski definition) is 1. The van der Waals surface area contributed by atoms with Gasteiger partial charge in [0.25, 0.3) is 0 Å². The largest absolute Gasteiger partial charge is 0.366 e. The van der Waals surface area contributed by atoms with Crippen molar-refractivity contribution in [2.24, 2.45) is 0 Å². The van der Waals surface area contributed by atoms with Crippen LogP contribution in [0.15, 0.2) is 12.4 Å². The van der Waals surface area contributed by atoms with Gasteiger partial charge >= 0.3 is 0 Å². The van der Waals surface area contributed by atoms with Gasteiger partial charge in [-0.3, -0.25) is 9.69 Å². The SMILES string of the molecule is CCc1cc(N2CCN(CC(=O)NC(C)C)CC2)c2nncn2n1. The Bertz CT molecular complexity index is 704. The Balaban J connectivity index is 1.67. The third-order valence-electron chi connectivity index (χ3n) is 4.19. The quantitative estimate of drug-likeness (QED) is 0.851. The summed E-state index contributed by atoms with van der Waals surface area (Å²) in [5.74, 6) is 0.0930. The molecule has 0 bridgehead atoms. The van der Waals surface area contributed by atoms with Gasteiger partial charge in [0.05, 0.1) is 17.9 Å². The monoisotopic (exact) mass is 331 g/mol. The molecule has 1 aliphatic heterocycles. The van der Waals surface area contributed by atoms with Gasteiger partial charge in [-0.2, -0.15) is 9.61 Å². The standard InChI is InChI=1S/C16H25N7O/c1-4-13-9-14(16-19-17-11-23(16)20-13)22-7-5-21(6-8-22)10-15(24)18-12(2)3/h9,11-12H,4-8,10H2,1-3H3,(H,18,24). The molecule has 1 amide bonds. The zero-order valence-corrected chi connectivity index (χ0v) is 14.6. The molecule has 2 aromatic heterocycles. The molecule has 0 radical (unpaired) electrons. The lowest BCUT2D eigenvalue weighted by Crippen LogP contribution is -2.50. The van der Waals surface area contributed by atoms with Gasteiger partial charge in [0, 0.05) is 32.2 Å². The average Bonchev–Trinajstić information content (AvgIpc) is 3.02. The van der Waals surface area contributed by atoms with E-state index in [1.165, 1.54) is 0 Å². The number of hydrogen-bond acceptors (Lipinski definition) is 6. The minimum absolute atomic E-state index is 0.0930. The number of carbonyl (C=O) groups is 1. The Kier molecular flexibility index (Phi) is 4.94. The Hall–Kier alpha value is -2.22. The fraction of sp³-hybridized carbons (Fsp3) is 0.625. The first-order valence-corrected chi connectivity index (χ1v) is 8.53. The van der Waals surface area contributed by atoms with E-state index in [9.17, 15) is 4.79 Å². The van der Waals surface area contributed by atoms with Crippen LogP contribution in [0.5, 0.6) is 0 Å². The van der Waals surface area contributed by atoms with E-state index >= 15 is 0 Å². The fourth-order valence-corrected chi connectivity index (χ4v) is 2.98. The summed E-state index contributed by atoms with van der Waals surface area (Å²) in [6.45, 7) is 9.96. The second-order valence-electron chi connectivity index (χ2n) is 6.46. The molecular formula is C16H25N7O. The number of rotatable bonds is 5. The lowest BCUT2D eigenvalue weighted by atomic mass is 10.2. The van der Waals surface area contributed by atoms with Crippen LogP contribution in [0.1, 0.15) is 26.5 Å². The minimum atomic E-state index is 0.0930. The third-order valence-corrected chi connectivity index (χ3v) is 4.19. The molecule has 0 atom stereocenters. The van der Waals surface area contributed by atoms with Crippen molar-refractivity contribution in [3.63, 3.8) is 0 Å². The van der Waals surface area contributed by atoms with E-state index in [0.717, 1.165) is 49.6 Å². The molecule has 3 heterocycles. The van der Waals surface area contributed by atoms with E-state index in [1.807, 2.05) is 13.8 Å². The Morgan fingerprint density at radius 2 is 2.04 bits per heavy atom. The molecular weight excluding hydrogens is 306 g/mol. The Morgan fingerprint density at radius 3 is 2.71 bits per heavy atom. The van der Waals surface area contributed by atoms with Gasteiger partial charge in [-0.25, -0.2) is 0 Å². The number of amides is 1. The molecule has 8 heteroatoms. The topological polar surface area (TPSA) is 78.7 Å². The number of aryl methyl sites for hydroxylation is 1. The molecule has 1 fully saturated rings. The molecule has 130 valence electrons. The van der Waals surface area contributed by atoms with Crippen LogP contribution in [0, 0.1) is 0 Å². The maximum absolute atomic E-state index is 11.9. The van der Waals surface area contributed by atoms with Gasteiger partial charge in [0.2, 0.25) is 11.6 Å². The third kappa shape index (κ3) is 3.64. The summed E-state index contributed by atoms with van der Waals surface area (Å²) in [6, 6.07) is 2.29. The van der Waals surface area contributed by atoms with E-state index in [1.54, 1.807) is 10.8 Å². The highest BCUT2D eigenvalue weighted by molar-refractivity contribution is 5.78. The van der Waals surface area contributed by atoms with Gasteiger partial charge in [-0.05, 0) is 26.3 Å². The highest BCUT2D eigenvalue weighted by Gasteiger charge is 2.22. The van der Waals surface area contributed by atoms with Crippen LogP contribution in [0.25, 0.3) is 5.65 Å². The maximum atomic E-state index is 11.9. The van der Waals surface area contributed by atoms with Crippen LogP contribution >= 0.6 is 0 Å². The van der Waals surface area contributed by atoms with Crippen LogP contribution < -0.4 is 10.2 Å². The summed E-state index contributed by atoms with van der Waals surface area (Å²) in [5.41, 5.74) is 2.89. The predicted octanol–water partition coefficient (Wildman–Crippen LogP) is 0.333. The zero-order valence-electron chi connectivity index (χ0n) is 14.6. The number of anilines is 1. The van der Waals surface area contributed by atoms with Crippen LogP contribution in [-0.2, 0) is 11.2 Å². The second-order valence-corrected chi connectivity index (χ2v) is 6.46. The highest BCUT2D eigenvalue weighted by atomic mass is 16.2. The second kappa shape index (κ2) is 7.12. The number of aromatic nitrogens is 4. The lowest BCUT2D eigenvalue weighted by Gasteiger charge is -2.35. The van der Waals surface area contributed by atoms with Gasteiger partial charge in [-0.1, -0.05) is 6.92 Å². The molecule has 2 aromatic rings. The number of piperazine rings is 1. The van der Waals surface area contributed by atoms with Crippen molar-refractivity contribution in [1.82, 2.24) is 30.0 Å². The van der Waals surface area contributed by atoms with E-state index in [2.05, 4.69) is 43.4 Å². The van der Waals surface area contributed by atoms with Crippen molar-refractivity contribution < 1.29 is 4.79 Å². The average molecular weight is 331 g/mol. The number of nitrogens with zero attached hydrogens (tertiary/aromatic N) is 6. The molecule has 3 rings (SSSR count). The predicted molar refractivity (Wildman–Crippen MR) is 92.1 cm³/mol. The van der Waals surface area contributed by atoms with E-state index in [-0.39, 0.29) is 11.9 Å². The molecule has 24 heavy (non-hydrogen) atoms. The molecule has 0 aliphatic carbocycles. The number of nitrogens with one attached hydrogen (secondary N) is 1. The van der Waals surface area contributed by atoms with Crippen molar-refractivity contribution in [2.75, 3.05) is 37.6 Å². The van der Waals surface area contributed by atoms with Crippen molar-refractivity contribution in [3.8, 4) is 0 Å². The smallest absolute Gasteiger partial charge is 0.234 e. The minimum Gasteiger partial charge on any atom is -0.366 e. The lowest BCUT2D eigenvalue weighted by molar-refractivity contribution is -0.122. The number of fused-ring (bicyclic) bond motifs is 1. The van der Waals surface area contributed by atoms with Gasteiger partial charge in [-0.15, -0.1) is 10.2 Å². The van der Waals surface area contributed by atoms with Crippen LogP contribution in [0.2, 0.25) is 0 Å². The van der Waals surface area contributed by atoms with Crippen LogP contribution in [-0.4, -0.2) is 69.4 Å². The summed E-state index contributed by atoms with van der Waals surface area (Å²) in [6.07, 6.45) is 2.51. The van der Waals surface area contributed by atoms with Crippen LogP contribution in [0.3, 0.4) is 0 Å². The molecule has 1 saturated heterocycles. The summed E-state index contributed by atoms with van der Waals surface area (Å²) in [7, 11) is 0. The number of carbonyl (C=O) groups excluding carboxylic acids is 1. The summed E-state index contributed by atoms with van der Waals surface area (Å²) in [5, 5.41) is 15.6. The zero-order chi connectivity index (χ0) is 17.1. The van der Waals surface area contributed by atoms with Gasteiger partial charge in [0.15, 0.2) is 0 Å². The fourth-order valence-electron chi connectivity index (χ4n) is 2.98. The van der Waals surface area contributed by atoms with Crippen molar-refractivity contribution >= 4 is 17.2 Å². The molecule has 0 spiro atoms. The Morgan fingerprint density at radius 1 is 1.29 bits per heavy atom.